The molecule has 8 nitrogen and oxygen atoms in total. The normalized spacial score (nSPS) is 10.5. The topological polar surface area (TPSA) is 91.7 Å². The van der Waals surface area contributed by atoms with Crippen LogP contribution >= 0.6 is 0 Å². The van der Waals surface area contributed by atoms with Crippen LogP contribution in [0.3, 0.4) is 0 Å². The van der Waals surface area contributed by atoms with Gasteiger partial charge in [0.1, 0.15) is 5.82 Å². The molecule has 1 amide bonds. The smallest absolute Gasteiger partial charge is 0.360 e. The van der Waals surface area contributed by atoms with Crippen LogP contribution in [-0.4, -0.2) is 42.5 Å². The van der Waals surface area contributed by atoms with Crippen LogP contribution in [0.4, 0.5) is 4.39 Å². The van der Waals surface area contributed by atoms with Gasteiger partial charge in [0, 0.05) is 18.3 Å². The van der Waals surface area contributed by atoms with Gasteiger partial charge in [0.2, 0.25) is 0 Å². The molecular weight excluding hydrogens is 465 g/mol. The van der Waals surface area contributed by atoms with Gasteiger partial charge < -0.3 is 19.5 Å². The van der Waals surface area contributed by atoms with Crippen LogP contribution in [0, 0.1) is 5.82 Å². The minimum Gasteiger partial charge on any atom is -0.493 e. The Morgan fingerprint density at radius 3 is 2.36 bits per heavy atom. The third kappa shape index (κ3) is 5.69. The highest BCUT2D eigenvalue weighted by atomic mass is 19.1. The van der Waals surface area contributed by atoms with Crippen LogP contribution in [0.5, 0.6) is 11.5 Å². The molecular formula is C27H24FN3O5. The number of aromatic nitrogens is 2. The number of esters is 1. The van der Waals surface area contributed by atoms with Crippen LogP contribution in [-0.2, 0) is 16.1 Å². The van der Waals surface area contributed by atoms with Crippen molar-refractivity contribution in [3.8, 4) is 28.3 Å². The van der Waals surface area contributed by atoms with Gasteiger partial charge in [0.05, 0.1) is 19.9 Å². The lowest BCUT2D eigenvalue weighted by Gasteiger charge is -2.10. The maximum absolute atomic E-state index is 13.0. The van der Waals surface area contributed by atoms with Gasteiger partial charge in [0.15, 0.2) is 23.8 Å². The summed E-state index contributed by atoms with van der Waals surface area (Å²) in [5, 5.41) is 7.07. The van der Waals surface area contributed by atoms with E-state index in [1.54, 1.807) is 41.2 Å². The molecule has 1 aromatic heterocycles. The molecule has 36 heavy (non-hydrogen) atoms. The van der Waals surface area contributed by atoms with E-state index in [4.69, 9.17) is 14.2 Å². The fraction of sp³-hybridized carbons (Fsp3) is 0.148. The quantitative estimate of drug-likeness (QED) is 0.355. The summed E-state index contributed by atoms with van der Waals surface area (Å²) in [4.78, 5) is 25.2. The summed E-state index contributed by atoms with van der Waals surface area (Å²) in [7, 11) is 3.06. The van der Waals surface area contributed by atoms with Gasteiger partial charge in [-0.15, -0.1) is 0 Å². The second kappa shape index (κ2) is 11.2. The van der Waals surface area contributed by atoms with E-state index in [1.807, 2.05) is 30.3 Å². The highest BCUT2D eigenvalue weighted by Crippen LogP contribution is 2.34. The Kier molecular flexibility index (Phi) is 7.60. The van der Waals surface area contributed by atoms with Crippen molar-refractivity contribution in [2.45, 2.75) is 6.54 Å². The molecule has 1 N–H and O–H groups in total. The Balaban J connectivity index is 1.54. The fourth-order valence-corrected chi connectivity index (χ4v) is 3.51. The molecule has 0 saturated heterocycles. The maximum atomic E-state index is 13.0. The number of benzene rings is 3. The number of methoxy groups -OCH3 is 2. The molecule has 184 valence electrons. The first-order chi connectivity index (χ1) is 17.5. The molecule has 0 spiro atoms. The number of amides is 1. The Bertz CT molecular complexity index is 1350. The molecule has 1 heterocycles. The number of para-hydroxylation sites is 1. The van der Waals surface area contributed by atoms with E-state index >= 15 is 0 Å². The first-order valence-corrected chi connectivity index (χ1v) is 11.0. The van der Waals surface area contributed by atoms with Crippen LogP contribution in [0.1, 0.15) is 16.1 Å². The van der Waals surface area contributed by atoms with Gasteiger partial charge >= 0.3 is 5.97 Å². The first-order valence-electron chi connectivity index (χ1n) is 11.0. The van der Waals surface area contributed by atoms with E-state index in [0.29, 0.717) is 28.2 Å². The van der Waals surface area contributed by atoms with Crippen LogP contribution in [0.2, 0.25) is 0 Å². The van der Waals surface area contributed by atoms with Crippen molar-refractivity contribution < 1.29 is 28.2 Å². The Morgan fingerprint density at radius 2 is 1.67 bits per heavy atom. The minimum atomic E-state index is -0.758. The number of carbonyl (C=O) groups is 2. The predicted molar refractivity (Wildman–Crippen MR) is 131 cm³/mol. The van der Waals surface area contributed by atoms with E-state index in [2.05, 4.69) is 10.4 Å². The zero-order valence-corrected chi connectivity index (χ0v) is 19.7. The van der Waals surface area contributed by atoms with Crippen LogP contribution < -0.4 is 14.8 Å². The lowest BCUT2D eigenvalue weighted by molar-refractivity contribution is -0.124. The number of halogens is 1. The minimum absolute atomic E-state index is 0.0393. The molecule has 4 aromatic rings. The van der Waals surface area contributed by atoms with Crippen molar-refractivity contribution >= 4 is 11.9 Å². The maximum Gasteiger partial charge on any atom is 0.360 e. The highest BCUT2D eigenvalue weighted by molar-refractivity contribution is 5.96. The SMILES string of the molecule is COc1ccc(-c2cn(-c3ccccc3)nc2C(=O)OCC(=O)NCc2ccc(F)cc2)cc1OC. The molecule has 0 saturated carbocycles. The Morgan fingerprint density at radius 1 is 0.944 bits per heavy atom. The van der Waals surface area contributed by atoms with Gasteiger partial charge in [0.25, 0.3) is 5.91 Å². The summed E-state index contributed by atoms with van der Waals surface area (Å²) in [6.45, 7) is -0.320. The highest BCUT2D eigenvalue weighted by Gasteiger charge is 2.22. The van der Waals surface area contributed by atoms with Crippen molar-refractivity contribution in [2.75, 3.05) is 20.8 Å². The third-order valence-corrected chi connectivity index (χ3v) is 5.36. The van der Waals surface area contributed by atoms with E-state index in [1.165, 1.54) is 26.4 Å². The number of hydrogen-bond acceptors (Lipinski definition) is 6. The zero-order valence-electron chi connectivity index (χ0n) is 19.7. The van der Waals surface area contributed by atoms with E-state index < -0.39 is 18.5 Å². The summed E-state index contributed by atoms with van der Waals surface area (Å²) in [6, 6.07) is 20.3. The standard InChI is InChI=1S/C27H24FN3O5/c1-34-23-13-10-19(14-24(23)35-2)22-16-31(21-6-4-3-5-7-21)30-26(22)27(33)36-17-25(32)29-15-18-8-11-20(28)12-9-18/h3-14,16H,15,17H2,1-2H3,(H,29,32). The van der Waals surface area contributed by atoms with Crippen molar-refractivity contribution in [1.82, 2.24) is 15.1 Å². The summed E-state index contributed by atoms with van der Waals surface area (Å²) in [5.74, 6) is -0.589. The predicted octanol–water partition coefficient (Wildman–Crippen LogP) is 4.17. The molecule has 4 rings (SSSR count). The molecule has 0 aliphatic rings. The summed E-state index contributed by atoms with van der Waals surface area (Å²) >= 11 is 0. The number of hydrogen-bond donors (Lipinski definition) is 1. The second-order valence-electron chi connectivity index (χ2n) is 7.72. The number of rotatable bonds is 9. The average molecular weight is 490 g/mol. The first kappa shape index (κ1) is 24.5. The molecule has 0 unspecified atom stereocenters. The summed E-state index contributed by atoms with van der Waals surface area (Å²) in [6.07, 6.45) is 1.71. The second-order valence-corrected chi connectivity index (χ2v) is 7.72. The van der Waals surface area contributed by atoms with Gasteiger partial charge in [-0.3, -0.25) is 4.79 Å². The zero-order chi connectivity index (χ0) is 25.5. The number of carbonyl (C=O) groups excluding carboxylic acids is 2. The molecule has 0 aliphatic carbocycles. The summed E-state index contributed by atoms with van der Waals surface area (Å²) in [5.41, 5.74) is 2.65. The summed E-state index contributed by atoms with van der Waals surface area (Å²) < 4.78 is 30.6. The van der Waals surface area contributed by atoms with Crippen LogP contribution in [0.25, 0.3) is 16.8 Å². The van der Waals surface area contributed by atoms with Crippen molar-refractivity contribution in [2.24, 2.45) is 0 Å². The molecule has 3 aromatic carbocycles. The van der Waals surface area contributed by atoms with E-state index in [9.17, 15) is 14.0 Å². The molecule has 0 fully saturated rings. The molecule has 9 heteroatoms. The lowest BCUT2D eigenvalue weighted by atomic mass is 10.1. The van der Waals surface area contributed by atoms with Gasteiger partial charge in [-0.05, 0) is 47.5 Å². The van der Waals surface area contributed by atoms with Crippen LogP contribution in [0.15, 0.2) is 79.0 Å². The molecule has 0 aliphatic heterocycles. The number of ether oxygens (including phenoxy) is 3. The largest absolute Gasteiger partial charge is 0.493 e. The van der Waals surface area contributed by atoms with E-state index in [-0.39, 0.29) is 18.1 Å². The van der Waals surface area contributed by atoms with Crippen molar-refractivity contribution in [3.63, 3.8) is 0 Å². The lowest BCUT2D eigenvalue weighted by Crippen LogP contribution is -2.28. The molecule has 0 atom stereocenters. The van der Waals surface area contributed by atoms with E-state index in [0.717, 1.165) is 5.69 Å². The average Bonchev–Trinajstić information content (AvgIpc) is 3.37. The van der Waals surface area contributed by atoms with Crippen molar-refractivity contribution in [3.05, 3.63) is 96.1 Å². The Hall–Kier alpha value is -4.66. The van der Waals surface area contributed by atoms with Gasteiger partial charge in [-0.2, -0.15) is 5.10 Å². The van der Waals surface area contributed by atoms with Gasteiger partial charge in [-0.25, -0.2) is 13.9 Å². The van der Waals surface area contributed by atoms with Crippen molar-refractivity contribution in [1.29, 1.82) is 0 Å². The third-order valence-electron chi connectivity index (χ3n) is 5.36. The fourth-order valence-electron chi connectivity index (χ4n) is 3.51. The number of nitrogens with zero attached hydrogens (tertiary/aromatic N) is 2. The number of nitrogens with one attached hydrogen (secondary N) is 1. The Labute approximate surface area is 207 Å². The molecule has 0 bridgehead atoms. The molecule has 0 radical (unpaired) electrons. The van der Waals surface area contributed by atoms with Gasteiger partial charge in [-0.1, -0.05) is 36.4 Å². The monoisotopic (exact) mass is 489 g/mol.